The van der Waals surface area contributed by atoms with Gasteiger partial charge < -0.3 is 9.84 Å². The van der Waals surface area contributed by atoms with Gasteiger partial charge in [-0.3, -0.25) is 9.58 Å². The van der Waals surface area contributed by atoms with Crippen LogP contribution >= 0.6 is 0 Å². The highest BCUT2D eigenvalue weighted by atomic mass is 16.5. The van der Waals surface area contributed by atoms with E-state index in [4.69, 9.17) is 4.74 Å². The van der Waals surface area contributed by atoms with Crippen molar-refractivity contribution in [1.29, 1.82) is 0 Å². The zero-order chi connectivity index (χ0) is 16.1. The van der Waals surface area contributed by atoms with Gasteiger partial charge in [-0.15, -0.1) is 0 Å². The molecule has 2 aromatic rings. The number of β-amino-alcohol motifs (C(OH)–C–C–N with tert-alkyl or cyclic N) is 1. The van der Waals surface area contributed by atoms with Crippen LogP contribution in [0.2, 0.25) is 0 Å². The molecule has 1 aromatic heterocycles. The lowest BCUT2D eigenvalue weighted by molar-refractivity contribution is 0.0609. The minimum Gasteiger partial charge on any atom is -0.491 e. The lowest BCUT2D eigenvalue weighted by Gasteiger charge is -2.26. The van der Waals surface area contributed by atoms with E-state index in [1.165, 1.54) is 5.56 Å². The van der Waals surface area contributed by atoms with Crippen LogP contribution < -0.4 is 4.74 Å². The zero-order valence-electron chi connectivity index (χ0n) is 13.5. The van der Waals surface area contributed by atoms with Crippen LogP contribution in [-0.2, 0) is 6.54 Å². The van der Waals surface area contributed by atoms with Gasteiger partial charge in [-0.05, 0) is 38.4 Å². The molecule has 1 N–H and O–H groups in total. The van der Waals surface area contributed by atoms with Gasteiger partial charge in [0.15, 0.2) is 0 Å². The fraction of sp³-hybridized carbons (Fsp3) is 0.529. The molecule has 0 saturated carbocycles. The molecular weight excluding hydrogens is 292 g/mol. The normalized spacial score (nSPS) is 19.8. The monoisotopic (exact) mass is 316 g/mol. The van der Waals surface area contributed by atoms with E-state index in [2.05, 4.69) is 15.0 Å². The van der Waals surface area contributed by atoms with Gasteiger partial charge in [-0.25, -0.2) is 4.98 Å². The summed E-state index contributed by atoms with van der Waals surface area (Å²) in [5, 5.41) is 14.4. The summed E-state index contributed by atoms with van der Waals surface area (Å²) >= 11 is 0. The lowest BCUT2D eigenvalue weighted by Crippen LogP contribution is -2.40. The Morgan fingerprint density at radius 1 is 1.35 bits per heavy atom. The van der Waals surface area contributed by atoms with Gasteiger partial charge in [-0.1, -0.05) is 17.7 Å². The maximum absolute atomic E-state index is 10.3. The average molecular weight is 316 g/mol. The first-order chi connectivity index (χ1) is 11.2. The van der Waals surface area contributed by atoms with Crippen molar-refractivity contribution in [2.45, 2.75) is 38.5 Å². The molecule has 6 heteroatoms. The second kappa shape index (κ2) is 7.57. The number of benzene rings is 1. The van der Waals surface area contributed by atoms with E-state index in [9.17, 15) is 5.11 Å². The topological polar surface area (TPSA) is 63.4 Å². The molecule has 2 unspecified atom stereocenters. The third kappa shape index (κ3) is 4.53. The molecule has 0 bridgehead atoms. The molecule has 0 radical (unpaired) electrons. The summed E-state index contributed by atoms with van der Waals surface area (Å²) in [6.07, 6.45) is 5.10. The van der Waals surface area contributed by atoms with Crippen molar-refractivity contribution in [3.05, 3.63) is 42.5 Å². The first-order valence-corrected chi connectivity index (χ1v) is 8.15. The van der Waals surface area contributed by atoms with Gasteiger partial charge in [0.25, 0.3) is 0 Å². The number of aliphatic hydroxyl groups excluding tert-OH is 1. The zero-order valence-corrected chi connectivity index (χ0v) is 13.5. The number of ether oxygens (including phenoxy) is 1. The van der Waals surface area contributed by atoms with E-state index in [-0.39, 0.29) is 0 Å². The van der Waals surface area contributed by atoms with Crippen molar-refractivity contribution in [2.75, 3.05) is 19.7 Å². The number of aryl methyl sites for hydroxylation is 1. The number of hydrogen-bond acceptors (Lipinski definition) is 5. The predicted octanol–water partition coefficient (Wildman–Crippen LogP) is 1.49. The third-order valence-electron chi connectivity index (χ3n) is 4.27. The molecule has 1 aliphatic rings. The van der Waals surface area contributed by atoms with Crippen molar-refractivity contribution in [2.24, 2.45) is 0 Å². The Hall–Kier alpha value is -1.92. The van der Waals surface area contributed by atoms with Gasteiger partial charge in [0.05, 0.1) is 6.54 Å². The second-order valence-corrected chi connectivity index (χ2v) is 6.19. The van der Waals surface area contributed by atoms with E-state index in [1.807, 2.05) is 35.9 Å². The summed E-state index contributed by atoms with van der Waals surface area (Å²) < 4.78 is 7.53. The average Bonchev–Trinajstić information content (AvgIpc) is 3.20. The van der Waals surface area contributed by atoms with E-state index in [0.717, 1.165) is 31.7 Å². The van der Waals surface area contributed by atoms with Crippen LogP contribution in [0.5, 0.6) is 5.75 Å². The van der Waals surface area contributed by atoms with Crippen LogP contribution in [0, 0.1) is 6.92 Å². The standard InChI is InChI=1S/C17H24N4O2/c1-14-4-6-17(7-5-14)23-11-16(22)10-20-8-2-3-15(20)9-21-13-18-12-19-21/h4-7,12-13,15-16,22H,2-3,8-11H2,1H3. The predicted molar refractivity (Wildman–Crippen MR) is 87.3 cm³/mol. The largest absolute Gasteiger partial charge is 0.491 e. The van der Waals surface area contributed by atoms with Crippen molar-refractivity contribution in [3.63, 3.8) is 0 Å². The quantitative estimate of drug-likeness (QED) is 0.838. The molecule has 1 aliphatic heterocycles. The van der Waals surface area contributed by atoms with E-state index < -0.39 is 6.10 Å². The van der Waals surface area contributed by atoms with Crippen LogP contribution in [0.15, 0.2) is 36.9 Å². The van der Waals surface area contributed by atoms with Gasteiger partial charge >= 0.3 is 0 Å². The summed E-state index contributed by atoms with van der Waals surface area (Å²) in [6.45, 7) is 4.83. The Kier molecular flexibility index (Phi) is 5.25. The fourth-order valence-electron chi connectivity index (χ4n) is 3.04. The maximum atomic E-state index is 10.3. The lowest BCUT2D eigenvalue weighted by atomic mass is 10.2. The van der Waals surface area contributed by atoms with Crippen molar-refractivity contribution < 1.29 is 9.84 Å². The Labute approximate surface area is 136 Å². The molecule has 1 aromatic carbocycles. The first kappa shape index (κ1) is 16.0. The van der Waals surface area contributed by atoms with Gasteiger partial charge in [0, 0.05) is 12.6 Å². The van der Waals surface area contributed by atoms with Crippen LogP contribution in [0.1, 0.15) is 18.4 Å². The number of aromatic nitrogens is 3. The SMILES string of the molecule is Cc1ccc(OCC(O)CN2CCCC2Cn2cncn2)cc1. The van der Waals surface area contributed by atoms with Gasteiger partial charge in [-0.2, -0.15) is 5.10 Å². The Bertz CT molecular complexity index is 585. The third-order valence-corrected chi connectivity index (χ3v) is 4.27. The molecule has 2 atom stereocenters. The first-order valence-electron chi connectivity index (χ1n) is 8.15. The highest BCUT2D eigenvalue weighted by Crippen LogP contribution is 2.19. The van der Waals surface area contributed by atoms with E-state index >= 15 is 0 Å². The molecule has 2 heterocycles. The molecule has 6 nitrogen and oxygen atoms in total. The van der Waals surface area contributed by atoms with Crippen LogP contribution in [0.25, 0.3) is 0 Å². The summed E-state index contributed by atoms with van der Waals surface area (Å²) in [6, 6.07) is 8.30. The summed E-state index contributed by atoms with van der Waals surface area (Å²) in [7, 11) is 0. The molecule has 1 fully saturated rings. The van der Waals surface area contributed by atoms with Crippen LogP contribution in [0.4, 0.5) is 0 Å². The summed E-state index contributed by atoms with van der Waals surface area (Å²) in [5.41, 5.74) is 1.20. The van der Waals surface area contributed by atoms with E-state index in [0.29, 0.717) is 19.2 Å². The number of hydrogen-bond donors (Lipinski definition) is 1. The number of rotatable bonds is 7. The molecule has 0 amide bonds. The summed E-state index contributed by atoms with van der Waals surface area (Å²) in [4.78, 5) is 6.31. The minimum absolute atomic E-state index is 0.315. The highest BCUT2D eigenvalue weighted by Gasteiger charge is 2.26. The molecule has 3 rings (SSSR count). The Morgan fingerprint density at radius 3 is 2.91 bits per heavy atom. The molecule has 0 spiro atoms. The second-order valence-electron chi connectivity index (χ2n) is 6.19. The van der Waals surface area contributed by atoms with Gasteiger partial charge in [0.2, 0.25) is 0 Å². The summed E-state index contributed by atoms with van der Waals surface area (Å²) in [5.74, 6) is 0.801. The molecule has 124 valence electrons. The van der Waals surface area contributed by atoms with E-state index in [1.54, 1.807) is 12.7 Å². The Balaban J connectivity index is 1.46. The fourth-order valence-corrected chi connectivity index (χ4v) is 3.04. The number of nitrogens with zero attached hydrogens (tertiary/aromatic N) is 4. The Morgan fingerprint density at radius 2 is 2.17 bits per heavy atom. The molecule has 23 heavy (non-hydrogen) atoms. The highest BCUT2D eigenvalue weighted by molar-refractivity contribution is 5.26. The van der Waals surface area contributed by atoms with Gasteiger partial charge in [0.1, 0.15) is 31.1 Å². The molecule has 1 saturated heterocycles. The van der Waals surface area contributed by atoms with Crippen LogP contribution in [0.3, 0.4) is 0 Å². The van der Waals surface area contributed by atoms with Crippen LogP contribution in [-0.4, -0.2) is 56.6 Å². The number of likely N-dealkylation sites (tertiary alicyclic amines) is 1. The maximum Gasteiger partial charge on any atom is 0.137 e. The van der Waals surface area contributed by atoms with Crippen molar-refractivity contribution in [1.82, 2.24) is 19.7 Å². The molecular formula is C17H24N4O2. The smallest absolute Gasteiger partial charge is 0.137 e. The minimum atomic E-state index is -0.493. The van der Waals surface area contributed by atoms with Crippen molar-refractivity contribution in [3.8, 4) is 5.75 Å². The van der Waals surface area contributed by atoms with Crippen molar-refractivity contribution >= 4 is 0 Å². The molecule has 0 aliphatic carbocycles. The number of aliphatic hydroxyl groups is 1.